The van der Waals surface area contributed by atoms with Crippen molar-refractivity contribution in [1.82, 2.24) is 9.80 Å². The summed E-state index contributed by atoms with van der Waals surface area (Å²) in [5, 5.41) is 0. The molecule has 0 radical (unpaired) electrons. The standard InChI is InChI=1S/C18H32N2O2/c21-18(16-6-1-2-7-16)20(17-8-14-22-15-9-17)13-5-12-19-10-3-4-11-19/h16-17H,1-15H2. The lowest BCUT2D eigenvalue weighted by Crippen LogP contribution is -2.46. The van der Waals surface area contributed by atoms with E-state index in [9.17, 15) is 4.79 Å². The van der Waals surface area contributed by atoms with Gasteiger partial charge in [0, 0.05) is 31.7 Å². The minimum Gasteiger partial charge on any atom is -0.381 e. The van der Waals surface area contributed by atoms with E-state index in [1.807, 2.05) is 0 Å². The molecule has 0 N–H and O–H groups in total. The van der Waals surface area contributed by atoms with Crippen molar-refractivity contribution >= 4 is 5.91 Å². The van der Waals surface area contributed by atoms with Crippen LogP contribution in [-0.2, 0) is 9.53 Å². The van der Waals surface area contributed by atoms with Gasteiger partial charge in [-0.25, -0.2) is 0 Å². The molecule has 4 nitrogen and oxygen atoms in total. The van der Waals surface area contributed by atoms with Crippen LogP contribution in [0.2, 0.25) is 0 Å². The number of hydrogen-bond donors (Lipinski definition) is 0. The van der Waals surface area contributed by atoms with Gasteiger partial charge < -0.3 is 14.5 Å². The lowest BCUT2D eigenvalue weighted by atomic mass is 10.0. The number of carbonyl (C=O) groups excluding carboxylic acids is 1. The number of rotatable bonds is 6. The van der Waals surface area contributed by atoms with Crippen LogP contribution < -0.4 is 0 Å². The highest BCUT2D eigenvalue weighted by atomic mass is 16.5. The Morgan fingerprint density at radius 1 is 1.00 bits per heavy atom. The SMILES string of the molecule is O=C(C1CCCC1)N(CCCN1CCCC1)C1CCOCC1. The predicted octanol–water partition coefficient (Wildman–Crippen LogP) is 2.67. The molecule has 0 aromatic rings. The molecule has 3 aliphatic rings. The molecule has 22 heavy (non-hydrogen) atoms. The van der Waals surface area contributed by atoms with Gasteiger partial charge >= 0.3 is 0 Å². The number of ether oxygens (including phenoxy) is 1. The van der Waals surface area contributed by atoms with Gasteiger partial charge in [0.25, 0.3) is 0 Å². The molecule has 1 saturated carbocycles. The van der Waals surface area contributed by atoms with Crippen LogP contribution in [0.15, 0.2) is 0 Å². The summed E-state index contributed by atoms with van der Waals surface area (Å²) in [5.74, 6) is 0.764. The minimum atomic E-state index is 0.314. The minimum absolute atomic E-state index is 0.314. The van der Waals surface area contributed by atoms with Gasteiger partial charge in [0.1, 0.15) is 0 Å². The van der Waals surface area contributed by atoms with Crippen LogP contribution in [0.1, 0.15) is 57.8 Å². The third-order valence-electron chi connectivity index (χ3n) is 5.69. The first-order valence-electron chi connectivity index (χ1n) is 9.45. The summed E-state index contributed by atoms with van der Waals surface area (Å²) < 4.78 is 5.49. The van der Waals surface area contributed by atoms with Gasteiger partial charge in [-0.15, -0.1) is 0 Å². The van der Waals surface area contributed by atoms with Gasteiger partial charge in [-0.1, -0.05) is 12.8 Å². The van der Waals surface area contributed by atoms with Gasteiger partial charge in [-0.05, 0) is 64.6 Å². The van der Waals surface area contributed by atoms with Crippen molar-refractivity contribution in [3.05, 3.63) is 0 Å². The maximum atomic E-state index is 12.9. The van der Waals surface area contributed by atoms with Crippen LogP contribution in [0.4, 0.5) is 0 Å². The molecule has 1 aliphatic carbocycles. The zero-order chi connectivity index (χ0) is 15.2. The molecule has 3 rings (SSSR count). The average molecular weight is 308 g/mol. The van der Waals surface area contributed by atoms with Crippen LogP contribution in [0.25, 0.3) is 0 Å². The summed E-state index contributed by atoms with van der Waals surface area (Å²) in [6.07, 6.45) is 10.6. The lowest BCUT2D eigenvalue weighted by Gasteiger charge is -2.36. The topological polar surface area (TPSA) is 32.8 Å². The summed E-state index contributed by atoms with van der Waals surface area (Å²) in [6, 6.07) is 0.431. The van der Waals surface area contributed by atoms with E-state index in [1.165, 1.54) is 38.8 Å². The van der Waals surface area contributed by atoms with E-state index in [0.717, 1.165) is 58.4 Å². The van der Waals surface area contributed by atoms with Crippen LogP contribution in [-0.4, -0.2) is 61.1 Å². The summed E-state index contributed by atoms with van der Waals surface area (Å²) in [5.41, 5.74) is 0. The maximum Gasteiger partial charge on any atom is 0.225 e. The molecular weight excluding hydrogens is 276 g/mol. The van der Waals surface area contributed by atoms with Crippen LogP contribution in [0, 0.1) is 5.92 Å². The molecule has 0 aromatic carbocycles. The lowest BCUT2D eigenvalue weighted by molar-refractivity contribution is -0.139. The van der Waals surface area contributed by atoms with Crippen molar-refractivity contribution in [2.45, 2.75) is 63.8 Å². The first kappa shape index (κ1) is 16.3. The van der Waals surface area contributed by atoms with Gasteiger partial charge in [-0.3, -0.25) is 4.79 Å². The van der Waals surface area contributed by atoms with E-state index >= 15 is 0 Å². The van der Waals surface area contributed by atoms with Gasteiger partial charge in [0.15, 0.2) is 0 Å². The third-order valence-corrected chi connectivity index (χ3v) is 5.69. The number of carbonyl (C=O) groups is 1. The van der Waals surface area contributed by atoms with E-state index in [2.05, 4.69) is 9.80 Å². The molecule has 0 unspecified atom stereocenters. The molecule has 2 aliphatic heterocycles. The molecule has 0 aromatic heterocycles. The summed E-state index contributed by atoms with van der Waals surface area (Å²) in [6.45, 7) is 6.28. The molecule has 1 amide bonds. The van der Waals surface area contributed by atoms with Crippen molar-refractivity contribution < 1.29 is 9.53 Å². The second-order valence-corrected chi connectivity index (χ2v) is 7.26. The molecule has 3 fully saturated rings. The van der Waals surface area contributed by atoms with Crippen LogP contribution in [0.5, 0.6) is 0 Å². The highest BCUT2D eigenvalue weighted by Gasteiger charge is 2.32. The zero-order valence-electron chi connectivity index (χ0n) is 14.0. The number of amides is 1. The Labute approximate surface area is 135 Å². The Hall–Kier alpha value is -0.610. The fourth-order valence-corrected chi connectivity index (χ4v) is 4.35. The molecule has 2 heterocycles. The van der Waals surface area contributed by atoms with Crippen LogP contribution in [0.3, 0.4) is 0 Å². The Morgan fingerprint density at radius 3 is 2.36 bits per heavy atom. The second-order valence-electron chi connectivity index (χ2n) is 7.26. The molecule has 0 bridgehead atoms. The molecule has 126 valence electrons. The molecular formula is C18H32N2O2. The Kier molecular flexibility index (Phi) is 6.13. The molecule has 0 spiro atoms. The van der Waals surface area contributed by atoms with Crippen molar-refractivity contribution in [1.29, 1.82) is 0 Å². The fourth-order valence-electron chi connectivity index (χ4n) is 4.35. The van der Waals surface area contributed by atoms with Crippen molar-refractivity contribution in [3.63, 3.8) is 0 Å². The number of hydrogen-bond acceptors (Lipinski definition) is 3. The monoisotopic (exact) mass is 308 g/mol. The van der Waals surface area contributed by atoms with E-state index in [0.29, 0.717) is 17.9 Å². The predicted molar refractivity (Wildman–Crippen MR) is 87.8 cm³/mol. The van der Waals surface area contributed by atoms with E-state index in [4.69, 9.17) is 4.74 Å². The van der Waals surface area contributed by atoms with Crippen molar-refractivity contribution in [2.24, 2.45) is 5.92 Å². The van der Waals surface area contributed by atoms with E-state index in [-0.39, 0.29) is 0 Å². The first-order chi connectivity index (χ1) is 10.8. The highest BCUT2D eigenvalue weighted by Crippen LogP contribution is 2.28. The zero-order valence-corrected chi connectivity index (χ0v) is 14.0. The Balaban J connectivity index is 1.53. The van der Waals surface area contributed by atoms with Crippen molar-refractivity contribution in [3.8, 4) is 0 Å². The van der Waals surface area contributed by atoms with Gasteiger partial charge in [0.2, 0.25) is 5.91 Å². The van der Waals surface area contributed by atoms with Crippen molar-refractivity contribution in [2.75, 3.05) is 39.4 Å². The molecule has 0 atom stereocenters. The Morgan fingerprint density at radius 2 is 1.68 bits per heavy atom. The smallest absolute Gasteiger partial charge is 0.225 e. The average Bonchev–Trinajstić information content (AvgIpc) is 3.25. The quantitative estimate of drug-likeness (QED) is 0.756. The van der Waals surface area contributed by atoms with Gasteiger partial charge in [-0.2, -0.15) is 0 Å². The number of likely N-dealkylation sites (tertiary alicyclic amines) is 1. The molecule has 2 saturated heterocycles. The number of nitrogens with zero attached hydrogens (tertiary/aromatic N) is 2. The summed E-state index contributed by atoms with van der Waals surface area (Å²) in [7, 11) is 0. The first-order valence-corrected chi connectivity index (χ1v) is 9.45. The molecule has 4 heteroatoms. The van der Waals surface area contributed by atoms with Gasteiger partial charge in [0.05, 0.1) is 0 Å². The summed E-state index contributed by atoms with van der Waals surface area (Å²) >= 11 is 0. The van der Waals surface area contributed by atoms with E-state index < -0.39 is 0 Å². The second kappa shape index (κ2) is 8.30. The largest absolute Gasteiger partial charge is 0.381 e. The third kappa shape index (κ3) is 4.23. The Bertz CT molecular complexity index is 343. The fraction of sp³-hybridized carbons (Fsp3) is 0.944. The van der Waals surface area contributed by atoms with E-state index in [1.54, 1.807) is 0 Å². The van der Waals surface area contributed by atoms with Crippen LogP contribution >= 0.6 is 0 Å². The maximum absolute atomic E-state index is 12.9. The normalized spacial score (nSPS) is 24.9. The summed E-state index contributed by atoms with van der Waals surface area (Å²) in [4.78, 5) is 17.7. The highest BCUT2D eigenvalue weighted by molar-refractivity contribution is 5.79.